The molecular formula is C13H18Cl2O3. The van der Waals surface area contributed by atoms with Crippen molar-refractivity contribution in [2.24, 2.45) is 0 Å². The molecule has 0 aromatic heterocycles. The molecule has 0 amide bonds. The van der Waals surface area contributed by atoms with Crippen LogP contribution in [0.15, 0.2) is 12.1 Å². The van der Waals surface area contributed by atoms with Crippen molar-refractivity contribution in [3.63, 3.8) is 0 Å². The SMILES string of the molecule is CCC(O)C(O)CCc1cc(Cl)c(OC)c(Cl)c1. The number of halogens is 2. The molecule has 1 aromatic carbocycles. The molecule has 0 spiro atoms. The van der Waals surface area contributed by atoms with Crippen molar-refractivity contribution in [1.29, 1.82) is 0 Å². The first-order valence-electron chi connectivity index (χ1n) is 5.87. The molecule has 2 atom stereocenters. The van der Waals surface area contributed by atoms with Crippen LogP contribution in [0.2, 0.25) is 10.0 Å². The molecular weight excluding hydrogens is 275 g/mol. The molecule has 0 heterocycles. The number of aliphatic hydroxyl groups is 2. The van der Waals surface area contributed by atoms with Crippen molar-refractivity contribution in [3.05, 3.63) is 27.7 Å². The molecule has 0 aliphatic carbocycles. The van der Waals surface area contributed by atoms with Crippen molar-refractivity contribution >= 4 is 23.2 Å². The van der Waals surface area contributed by atoms with Gasteiger partial charge in [-0.3, -0.25) is 0 Å². The summed E-state index contributed by atoms with van der Waals surface area (Å²) in [6.07, 6.45) is 0.185. The second-order valence-corrected chi connectivity index (χ2v) is 4.99. The summed E-state index contributed by atoms with van der Waals surface area (Å²) < 4.78 is 5.06. The van der Waals surface area contributed by atoms with Crippen molar-refractivity contribution in [1.82, 2.24) is 0 Å². The lowest BCUT2D eigenvalue weighted by Gasteiger charge is -2.16. The molecule has 0 saturated carbocycles. The summed E-state index contributed by atoms with van der Waals surface area (Å²) in [7, 11) is 1.51. The molecule has 2 unspecified atom stereocenters. The Morgan fingerprint density at radius 3 is 2.17 bits per heavy atom. The molecule has 0 aliphatic rings. The van der Waals surface area contributed by atoms with Gasteiger partial charge < -0.3 is 14.9 Å². The minimum Gasteiger partial charge on any atom is -0.494 e. The van der Waals surface area contributed by atoms with Crippen LogP contribution in [0.25, 0.3) is 0 Å². The summed E-state index contributed by atoms with van der Waals surface area (Å²) in [4.78, 5) is 0. The van der Waals surface area contributed by atoms with E-state index in [4.69, 9.17) is 27.9 Å². The van der Waals surface area contributed by atoms with E-state index in [-0.39, 0.29) is 0 Å². The minimum absolute atomic E-state index is 0.450. The summed E-state index contributed by atoms with van der Waals surface area (Å²) in [6, 6.07) is 3.52. The van der Waals surface area contributed by atoms with Crippen molar-refractivity contribution in [2.45, 2.75) is 38.4 Å². The maximum Gasteiger partial charge on any atom is 0.156 e. The van der Waals surface area contributed by atoms with Gasteiger partial charge in [-0.15, -0.1) is 0 Å². The molecule has 0 saturated heterocycles. The zero-order valence-corrected chi connectivity index (χ0v) is 12.0. The van der Waals surface area contributed by atoms with Crippen LogP contribution in [0.1, 0.15) is 25.3 Å². The maximum absolute atomic E-state index is 9.68. The van der Waals surface area contributed by atoms with Crippen LogP contribution < -0.4 is 4.74 Å². The normalized spacial score (nSPS) is 14.3. The van der Waals surface area contributed by atoms with E-state index in [1.54, 1.807) is 12.1 Å². The topological polar surface area (TPSA) is 49.7 Å². The molecule has 2 N–H and O–H groups in total. The number of rotatable bonds is 6. The van der Waals surface area contributed by atoms with E-state index in [0.29, 0.717) is 35.1 Å². The standard InChI is InChI=1S/C13H18Cl2O3/c1-3-11(16)12(17)5-4-8-6-9(14)13(18-2)10(15)7-8/h6-7,11-12,16-17H,3-5H2,1-2H3. The van der Waals surface area contributed by atoms with Gasteiger partial charge in [0.25, 0.3) is 0 Å². The first kappa shape index (κ1) is 15.6. The third-order valence-corrected chi connectivity index (χ3v) is 3.41. The number of aryl methyl sites for hydroxylation is 1. The number of hydrogen-bond acceptors (Lipinski definition) is 3. The van der Waals surface area contributed by atoms with Gasteiger partial charge in [-0.25, -0.2) is 0 Å². The van der Waals surface area contributed by atoms with Crippen LogP contribution >= 0.6 is 23.2 Å². The van der Waals surface area contributed by atoms with E-state index in [0.717, 1.165) is 5.56 Å². The van der Waals surface area contributed by atoms with Crippen LogP contribution in [-0.2, 0) is 6.42 Å². The van der Waals surface area contributed by atoms with Crippen LogP contribution in [0.3, 0.4) is 0 Å². The fourth-order valence-electron chi connectivity index (χ4n) is 1.73. The Bertz CT molecular complexity index is 373. The van der Waals surface area contributed by atoms with Crippen LogP contribution in [0, 0.1) is 0 Å². The Hall–Kier alpha value is -0.480. The van der Waals surface area contributed by atoms with Gasteiger partial charge in [0.15, 0.2) is 5.75 Å². The van der Waals surface area contributed by atoms with Crippen molar-refractivity contribution in [3.8, 4) is 5.75 Å². The smallest absolute Gasteiger partial charge is 0.156 e. The monoisotopic (exact) mass is 292 g/mol. The number of hydrogen-bond donors (Lipinski definition) is 2. The first-order valence-corrected chi connectivity index (χ1v) is 6.63. The van der Waals surface area contributed by atoms with E-state index in [2.05, 4.69) is 0 Å². The van der Waals surface area contributed by atoms with Gasteiger partial charge in [0, 0.05) is 0 Å². The van der Waals surface area contributed by atoms with E-state index in [1.807, 2.05) is 6.92 Å². The van der Waals surface area contributed by atoms with Crippen molar-refractivity contribution < 1.29 is 14.9 Å². The highest BCUT2D eigenvalue weighted by Crippen LogP contribution is 2.34. The summed E-state index contributed by atoms with van der Waals surface area (Å²) in [5.74, 6) is 0.455. The number of benzene rings is 1. The van der Waals surface area contributed by atoms with Gasteiger partial charge in [-0.1, -0.05) is 30.1 Å². The van der Waals surface area contributed by atoms with Crippen LogP contribution in [-0.4, -0.2) is 29.5 Å². The molecule has 1 rings (SSSR count). The van der Waals surface area contributed by atoms with Crippen LogP contribution in [0.4, 0.5) is 0 Å². The third kappa shape index (κ3) is 4.02. The molecule has 0 radical (unpaired) electrons. The fourth-order valence-corrected chi connectivity index (χ4v) is 2.42. The fraction of sp³-hybridized carbons (Fsp3) is 0.538. The van der Waals surface area contributed by atoms with Gasteiger partial charge in [-0.05, 0) is 37.0 Å². The average molecular weight is 293 g/mol. The molecule has 0 bridgehead atoms. The van der Waals surface area contributed by atoms with Gasteiger partial charge in [0.05, 0.1) is 29.4 Å². The lowest BCUT2D eigenvalue weighted by molar-refractivity contribution is 0.0130. The predicted octanol–water partition coefficient (Wildman–Crippen LogP) is 3.07. The summed E-state index contributed by atoms with van der Waals surface area (Å²) in [5.41, 5.74) is 0.910. The molecule has 18 heavy (non-hydrogen) atoms. The Balaban J connectivity index is 2.69. The molecule has 1 aromatic rings. The quantitative estimate of drug-likeness (QED) is 0.847. The highest BCUT2D eigenvalue weighted by Gasteiger charge is 2.15. The second-order valence-electron chi connectivity index (χ2n) is 4.17. The third-order valence-electron chi connectivity index (χ3n) is 2.85. The first-order chi connectivity index (χ1) is 8.49. The summed E-state index contributed by atoms with van der Waals surface area (Å²) in [6.45, 7) is 1.83. The minimum atomic E-state index is -0.727. The lowest BCUT2D eigenvalue weighted by Crippen LogP contribution is -2.25. The summed E-state index contributed by atoms with van der Waals surface area (Å²) >= 11 is 12.0. The molecule has 102 valence electrons. The lowest BCUT2D eigenvalue weighted by atomic mass is 10.0. The Morgan fingerprint density at radius 2 is 1.72 bits per heavy atom. The van der Waals surface area contributed by atoms with Gasteiger partial charge in [0.1, 0.15) is 0 Å². The van der Waals surface area contributed by atoms with Gasteiger partial charge >= 0.3 is 0 Å². The molecule has 0 aliphatic heterocycles. The Labute approximate surface area is 117 Å². The van der Waals surface area contributed by atoms with Gasteiger partial charge in [-0.2, -0.15) is 0 Å². The predicted molar refractivity (Wildman–Crippen MR) is 73.6 cm³/mol. The van der Waals surface area contributed by atoms with Gasteiger partial charge in [0.2, 0.25) is 0 Å². The summed E-state index contributed by atoms with van der Waals surface area (Å²) in [5, 5.41) is 20.1. The Kier molecular flexibility index (Phi) is 6.22. The highest BCUT2D eigenvalue weighted by atomic mass is 35.5. The number of methoxy groups -OCH3 is 1. The number of aliphatic hydroxyl groups excluding tert-OH is 2. The van der Waals surface area contributed by atoms with E-state index in [9.17, 15) is 10.2 Å². The zero-order valence-electron chi connectivity index (χ0n) is 10.5. The maximum atomic E-state index is 9.68. The average Bonchev–Trinajstić information content (AvgIpc) is 2.34. The highest BCUT2D eigenvalue weighted by molar-refractivity contribution is 6.37. The van der Waals surface area contributed by atoms with Crippen LogP contribution in [0.5, 0.6) is 5.75 Å². The van der Waals surface area contributed by atoms with E-state index >= 15 is 0 Å². The molecule has 0 fully saturated rings. The largest absolute Gasteiger partial charge is 0.494 e. The molecule has 5 heteroatoms. The number of ether oxygens (including phenoxy) is 1. The zero-order chi connectivity index (χ0) is 13.7. The van der Waals surface area contributed by atoms with Crippen molar-refractivity contribution in [2.75, 3.05) is 7.11 Å². The second kappa shape index (κ2) is 7.19. The van der Waals surface area contributed by atoms with E-state index < -0.39 is 12.2 Å². The Morgan fingerprint density at radius 1 is 1.17 bits per heavy atom. The van der Waals surface area contributed by atoms with E-state index in [1.165, 1.54) is 7.11 Å². The molecule has 3 nitrogen and oxygen atoms in total.